The number of sulfone groups is 1. The molecule has 9 heteroatoms. The highest BCUT2D eigenvalue weighted by Crippen LogP contribution is 2.19. The minimum Gasteiger partial charge on any atom is -0.297 e. The van der Waals surface area contributed by atoms with Crippen molar-refractivity contribution < 1.29 is 8.42 Å². The number of rotatable bonds is 3. The maximum Gasteiger partial charge on any atom is 0.180 e. The summed E-state index contributed by atoms with van der Waals surface area (Å²) in [7, 11) is -2.79. The summed E-state index contributed by atoms with van der Waals surface area (Å²) in [5, 5.41) is 5.41. The number of nitrogens with zero attached hydrogens (tertiary/aromatic N) is 4. The first-order chi connectivity index (χ1) is 9.93. The van der Waals surface area contributed by atoms with E-state index in [4.69, 9.17) is 12.2 Å². The van der Waals surface area contributed by atoms with Crippen LogP contribution in [-0.4, -0.2) is 71.7 Å². The van der Waals surface area contributed by atoms with Crippen molar-refractivity contribution in [3.63, 3.8) is 0 Å². The van der Waals surface area contributed by atoms with E-state index in [-0.39, 0.29) is 6.04 Å². The van der Waals surface area contributed by atoms with Gasteiger partial charge in [0.15, 0.2) is 13.8 Å². The number of aryl methyl sites for hydroxylation is 1. The molecule has 0 aromatic carbocycles. The standard InChI is InChI=1S/C12H20N4O2S3/c1-10-13-16(12(19)20-10)9-14-3-5-15(6-4-14)11-2-7-21(17,18)8-11/h11H,2-9H2,1H3. The van der Waals surface area contributed by atoms with E-state index in [1.165, 1.54) is 0 Å². The highest BCUT2D eigenvalue weighted by molar-refractivity contribution is 7.91. The van der Waals surface area contributed by atoms with Gasteiger partial charge in [-0.05, 0) is 25.6 Å². The fraction of sp³-hybridized carbons (Fsp3) is 0.833. The Morgan fingerprint density at radius 1 is 1.33 bits per heavy atom. The zero-order valence-corrected chi connectivity index (χ0v) is 14.5. The molecule has 0 N–H and O–H groups in total. The van der Waals surface area contributed by atoms with Gasteiger partial charge in [0.25, 0.3) is 0 Å². The molecule has 0 bridgehead atoms. The molecular weight excluding hydrogens is 328 g/mol. The highest BCUT2D eigenvalue weighted by Gasteiger charge is 2.33. The molecule has 0 radical (unpaired) electrons. The Morgan fingerprint density at radius 2 is 2.05 bits per heavy atom. The zero-order chi connectivity index (χ0) is 15.0. The van der Waals surface area contributed by atoms with Crippen LogP contribution in [-0.2, 0) is 16.5 Å². The largest absolute Gasteiger partial charge is 0.297 e. The van der Waals surface area contributed by atoms with Gasteiger partial charge in [-0.2, -0.15) is 5.10 Å². The summed E-state index contributed by atoms with van der Waals surface area (Å²) in [5.41, 5.74) is 0. The lowest BCUT2D eigenvalue weighted by atomic mass is 10.2. The van der Waals surface area contributed by atoms with Crippen molar-refractivity contribution in [3.05, 3.63) is 8.96 Å². The van der Waals surface area contributed by atoms with Gasteiger partial charge in [0.1, 0.15) is 5.01 Å². The SMILES string of the molecule is Cc1nn(CN2CCN(C3CCS(=O)(=O)C3)CC2)c(=S)s1. The van der Waals surface area contributed by atoms with Gasteiger partial charge in [-0.1, -0.05) is 11.3 Å². The van der Waals surface area contributed by atoms with Gasteiger partial charge >= 0.3 is 0 Å². The molecule has 0 saturated carbocycles. The lowest BCUT2D eigenvalue weighted by Crippen LogP contribution is -2.50. The molecule has 2 saturated heterocycles. The van der Waals surface area contributed by atoms with Crippen LogP contribution in [0.1, 0.15) is 11.4 Å². The smallest absolute Gasteiger partial charge is 0.180 e. The molecular formula is C12H20N4O2S3. The molecule has 2 aliphatic heterocycles. The van der Waals surface area contributed by atoms with Gasteiger partial charge in [-0.15, -0.1) is 0 Å². The predicted molar refractivity (Wildman–Crippen MR) is 85.9 cm³/mol. The summed E-state index contributed by atoms with van der Waals surface area (Å²) in [6.07, 6.45) is 0.790. The fourth-order valence-electron chi connectivity index (χ4n) is 3.02. The summed E-state index contributed by atoms with van der Waals surface area (Å²) in [4.78, 5) is 4.65. The van der Waals surface area contributed by atoms with Crippen molar-refractivity contribution in [2.24, 2.45) is 0 Å². The first-order valence-corrected chi connectivity index (χ1v) is 10.2. The number of hydrogen-bond acceptors (Lipinski definition) is 7. The number of hydrogen-bond donors (Lipinski definition) is 0. The molecule has 1 aromatic rings. The van der Waals surface area contributed by atoms with Gasteiger partial charge in [0.05, 0.1) is 18.2 Å². The minimum absolute atomic E-state index is 0.223. The van der Waals surface area contributed by atoms with E-state index in [2.05, 4.69) is 14.9 Å². The summed E-state index contributed by atoms with van der Waals surface area (Å²) in [6.45, 7) is 6.44. The van der Waals surface area contributed by atoms with Gasteiger partial charge < -0.3 is 0 Å². The van der Waals surface area contributed by atoms with E-state index in [0.717, 1.165) is 48.2 Å². The van der Waals surface area contributed by atoms with Crippen LogP contribution in [0, 0.1) is 10.9 Å². The Hall–Kier alpha value is -0.350. The first-order valence-electron chi connectivity index (χ1n) is 7.14. The average Bonchev–Trinajstić information content (AvgIpc) is 2.93. The van der Waals surface area contributed by atoms with Crippen molar-refractivity contribution in [3.8, 4) is 0 Å². The van der Waals surface area contributed by atoms with E-state index < -0.39 is 9.84 Å². The van der Waals surface area contributed by atoms with Crippen molar-refractivity contribution in [2.75, 3.05) is 37.7 Å². The molecule has 0 spiro atoms. The predicted octanol–water partition coefficient (Wildman–Crippen LogP) is 0.745. The normalized spacial score (nSPS) is 27.2. The van der Waals surface area contributed by atoms with Crippen molar-refractivity contribution in [1.82, 2.24) is 19.6 Å². The van der Waals surface area contributed by atoms with E-state index in [9.17, 15) is 8.42 Å². The second-order valence-corrected chi connectivity index (χ2v) is 9.79. The zero-order valence-electron chi connectivity index (χ0n) is 12.1. The van der Waals surface area contributed by atoms with Crippen LogP contribution in [0.25, 0.3) is 0 Å². The Morgan fingerprint density at radius 3 is 2.57 bits per heavy atom. The van der Waals surface area contributed by atoms with Crippen molar-refractivity contribution in [1.29, 1.82) is 0 Å². The van der Waals surface area contributed by atoms with Crippen LogP contribution in [0.15, 0.2) is 0 Å². The summed E-state index contributed by atoms with van der Waals surface area (Å²) in [6, 6.07) is 0.223. The maximum absolute atomic E-state index is 11.6. The Bertz CT molecular complexity index is 658. The van der Waals surface area contributed by atoms with Crippen molar-refractivity contribution in [2.45, 2.75) is 26.1 Å². The molecule has 118 valence electrons. The summed E-state index contributed by atoms with van der Waals surface area (Å²) >= 11 is 6.83. The molecule has 0 amide bonds. The molecule has 1 unspecified atom stereocenters. The maximum atomic E-state index is 11.6. The van der Waals surface area contributed by atoms with E-state index in [0.29, 0.717) is 11.5 Å². The Balaban J connectivity index is 1.54. The number of piperazine rings is 1. The van der Waals surface area contributed by atoms with Crippen molar-refractivity contribution >= 4 is 33.4 Å². The van der Waals surface area contributed by atoms with Crippen LogP contribution in [0.4, 0.5) is 0 Å². The van der Waals surface area contributed by atoms with E-state index in [1.54, 1.807) is 11.3 Å². The highest BCUT2D eigenvalue weighted by atomic mass is 32.2. The second-order valence-electron chi connectivity index (χ2n) is 5.74. The third-order valence-corrected chi connectivity index (χ3v) is 7.15. The minimum atomic E-state index is -2.79. The quantitative estimate of drug-likeness (QED) is 0.751. The van der Waals surface area contributed by atoms with Crippen LogP contribution < -0.4 is 0 Å². The number of aromatic nitrogens is 2. The monoisotopic (exact) mass is 348 g/mol. The molecule has 0 aliphatic carbocycles. The molecule has 2 aliphatic rings. The van der Waals surface area contributed by atoms with Crippen LogP contribution >= 0.6 is 23.6 Å². The Kier molecular flexibility index (Phi) is 4.47. The summed E-state index contributed by atoms with van der Waals surface area (Å²) < 4.78 is 25.8. The molecule has 2 fully saturated rings. The van der Waals surface area contributed by atoms with Gasteiger partial charge in [-0.3, -0.25) is 9.80 Å². The molecule has 3 rings (SSSR count). The second kappa shape index (κ2) is 6.04. The lowest BCUT2D eigenvalue weighted by molar-refractivity contribution is 0.0810. The first kappa shape index (κ1) is 15.5. The van der Waals surface area contributed by atoms with Crippen LogP contribution in [0.3, 0.4) is 0 Å². The summed E-state index contributed by atoms with van der Waals surface area (Å²) in [5.74, 6) is 0.689. The Labute approximate surface area is 134 Å². The van der Waals surface area contributed by atoms with Crippen LogP contribution in [0.2, 0.25) is 0 Å². The van der Waals surface area contributed by atoms with E-state index in [1.807, 2.05) is 11.6 Å². The third kappa shape index (κ3) is 3.70. The van der Waals surface area contributed by atoms with Gasteiger partial charge in [0, 0.05) is 32.2 Å². The van der Waals surface area contributed by atoms with Gasteiger partial charge in [0.2, 0.25) is 0 Å². The third-order valence-electron chi connectivity index (χ3n) is 4.17. The molecule has 3 heterocycles. The molecule has 21 heavy (non-hydrogen) atoms. The molecule has 6 nitrogen and oxygen atoms in total. The topological polar surface area (TPSA) is 58.4 Å². The van der Waals surface area contributed by atoms with Crippen LogP contribution in [0.5, 0.6) is 0 Å². The van der Waals surface area contributed by atoms with E-state index >= 15 is 0 Å². The molecule has 1 atom stereocenters. The fourth-order valence-corrected chi connectivity index (χ4v) is 5.84. The molecule has 1 aromatic heterocycles. The lowest BCUT2D eigenvalue weighted by Gasteiger charge is -2.37. The average molecular weight is 349 g/mol. The van der Waals surface area contributed by atoms with Gasteiger partial charge in [-0.25, -0.2) is 13.1 Å².